The highest BCUT2D eigenvalue weighted by Gasteiger charge is 2.52. The Morgan fingerprint density at radius 2 is 1.89 bits per heavy atom. The Labute approximate surface area is 163 Å². The van der Waals surface area contributed by atoms with Gasteiger partial charge in [-0.15, -0.1) is 0 Å². The van der Waals surface area contributed by atoms with E-state index >= 15 is 0 Å². The molecule has 0 radical (unpaired) electrons. The van der Waals surface area contributed by atoms with Gasteiger partial charge < -0.3 is 14.4 Å². The zero-order chi connectivity index (χ0) is 20.4. The number of hydroxylamine groups is 1. The Kier molecular flexibility index (Phi) is 5.92. The van der Waals surface area contributed by atoms with E-state index in [4.69, 9.17) is 14.7 Å². The van der Waals surface area contributed by atoms with Crippen molar-refractivity contribution in [3.8, 4) is 5.75 Å². The number of sulfone groups is 1. The van der Waals surface area contributed by atoms with Gasteiger partial charge in [-0.25, -0.2) is 13.9 Å². The van der Waals surface area contributed by atoms with E-state index in [0.717, 1.165) is 0 Å². The topological polar surface area (TPSA) is 122 Å². The number of nitrogens with zero attached hydrogens (tertiary/aromatic N) is 1. The molecule has 3 rings (SSSR count). The van der Waals surface area contributed by atoms with E-state index in [9.17, 15) is 18.0 Å². The molecule has 2 aliphatic rings. The number of carbonyl (C=O) groups is 2. The molecule has 2 N–H and O–H groups in total. The molecule has 28 heavy (non-hydrogen) atoms. The first kappa shape index (κ1) is 20.6. The van der Waals surface area contributed by atoms with E-state index in [2.05, 4.69) is 0 Å². The molecule has 0 bridgehead atoms. The molecule has 2 saturated heterocycles. The van der Waals surface area contributed by atoms with Gasteiger partial charge in [-0.05, 0) is 37.1 Å². The van der Waals surface area contributed by atoms with Crippen molar-refractivity contribution in [2.75, 3.05) is 26.3 Å². The molecule has 2 fully saturated rings. The molecule has 10 heteroatoms. The standard InChI is InChI=1S/C18H24N2O7S/c1-13(21)20-9-6-15(12-20)27-14-2-4-16(5-3-14)28(24,25)18(17(22)19-23)7-10-26-11-8-18/h2-5,15,23H,6-12H2,1H3,(H,19,22)/t15-/m1/s1. The summed E-state index contributed by atoms with van der Waals surface area (Å²) in [4.78, 5) is 25.3. The van der Waals surface area contributed by atoms with Crippen molar-refractivity contribution in [3.63, 3.8) is 0 Å². The van der Waals surface area contributed by atoms with E-state index < -0.39 is 20.5 Å². The minimum absolute atomic E-state index is 0.00328. The normalized spacial score (nSPS) is 21.9. The predicted molar refractivity (Wildman–Crippen MR) is 97.6 cm³/mol. The molecule has 2 aliphatic heterocycles. The molecule has 154 valence electrons. The first-order chi connectivity index (χ1) is 13.3. The maximum absolute atomic E-state index is 13.2. The van der Waals surface area contributed by atoms with Crippen LogP contribution in [0.25, 0.3) is 0 Å². The van der Waals surface area contributed by atoms with Gasteiger partial charge in [-0.2, -0.15) is 0 Å². The Bertz CT molecular complexity index is 832. The van der Waals surface area contributed by atoms with Gasteiger partial charge in [-0.3, -0.25) is 14.8 Å². The van der Waals surface area contributed by atoms with E-state index in [0.29, 0.717) is 25.3 Å². The number of amides is 2. The third-order valence-corrected chi connectivity index (χ3v) is 7.87. The second-order valence-corrected chi connectivity index (χ2v) is 9.28. The van der Waals surface area contributed by atoms with E-state index in [1.807, 2.05) is 0 Å². The second kappa shape index (κ2) is 8.06. The van der Waals surface area contributed by atoms with Crippen molar-refractivity contribution in [2.45, 2.75) is 41.9 Å². The van der Waals surface area contributed by atoms with E-state index in [-0.39, 0.29) is 43.0 Å². The highest BCUT2D eigenvalue weighted by Crippen LogP contribution is 2.36. The molecule has 0 saturated carbocycles. The van der Waals surface area contributed by atoms with Gasteiger partial charge in [0, 0.05) is 33.1 Å². The molecular formula is C18H24N2O7S. The lowest BCUT2D eigenvalue weighted by Crippen LogP contribution is -2.54. The number of rotatable bonds is 5. The zero-order valence-corrected chi connectivity index (χ0v) is 16.4. The second-order valence-electron chi connectivity index (χ2n) is 7.02. The van der Waals surface area contributed by atoms with Crippen molar-refractivity contribution >= 4 is 21.7 Å². The highest BCUT2D eigenvalue weighted by molar-refractivity contribution is 7.93. The van der Waals surface area contributed by atoms with Crippen LogP contribution >= 0.6 is 0 Å². The molecule has 0 aliphatic carbocycles. The number of nitrogens with one attached hydrogen (secondary N) is 1. The zero-order valence-electron chi connectivity index (χ0n) is 15.6. The Balaban J connectivity index is 1.78. The van der Waals surface area contributed by atoms with Crippen molar-refractivity contribution in [1.29, 1.82) is 0 Å². The smallest absolute Gasteiger partial charge is 0.265 e. The van der Waals surface area contributed by atoms with Crippen LogP contribution in [0.5, 0.6) is 5.75 Å². The lowest BCUT2D eigenvalue weighted by molar-refractivity contribution is -0.134. The molecule has 2 amide bonds. The SMILES string of the molecule is CC(=O)N1CC[C@@H](Oc2ccc(S(=O)(=O)C3(C(=O)NO)CCOCC3)cc2)C1. The average Bonchev–Trinajstić information content (AvgIpc) is 3.17. The molecule has 9 nitrogen and oxygen atoms in total. The van der Waals surface area contributed by atoms with Crippen LogP contribution in [-0.2, 0) is 24.2 Å². The fraction of sp³-hybridized carbons (Fsp3) is 0.556. The van der Waals surface area contributed by atoms with Crippen molar-refractivity contribution in [2.24, 2.45) is 0 Å². The van der Waals surface area contributed by atoms with Gasteiger partial charge >= 0.3 is 0 Å². The number of ether oxygens (including phenoxy) is 2. The summed E-state index contributed by atoms with van der Waals surface area (Å²) in [6.07, 6.45) is 0.485. The highest BCUT2D eigenvalue weighted by atomic mass is 32.2. The maximum atomic E-state index is 13.2. The van der Waals surface area contributed by atoms with Gasteiger partial charge in [0.1, 0.15) is 11.9 Å². The Hall–Kier alpha value is -2.17. The lowest BCUT2D eigenvalue weighted by Gasteiger charge is -2.34. The minimum Gasteiger partial charge on any atom is -0.489 e. The molecule has 0 spiro atoms. The van der Waals surface area contributed by atoms with Crippen molar-refractivity contribution < 1.29 is 32.7 Å². The van der Waals surface area contributed by atoms with Gasteiger partial charge in [0.05, 0.1) is 11.4 Å². The number of likely N-dealkylation sites (tertiary alicyclic amines) is 1. The van der Waals surface area contributed by atoms with Crippen LogP contribution in [0.15, 0.2) is 29.2 Å². The number of carbonyl (C=O) groups excluding carboxylic acids is 2. The van der Waals surface area contributed by atoms with Gasteiger partial charge in [0.2, 0.25) is 5.91 Å². The fourth-order valence-corrected chi connectivity index (χ4v) is 5.59. The summed E-state index contributed by atoms with van der Waals surface area (Å²) < 4.78 is 35.6. The van der Waals surface area contributed by atoms with Crippen LogP contribution in [-0.4, -0.2) is 67.5 Å². The van der Waals surface area contributed by atoms with Gasteiger partial charge in [0.25, 0.3) is 5.91 Å². The largest absolute Gasteiger partial charge is 0.489 e. The quantitative estimate of drug-likeness (QED) is 0.534. The van der Waals surface area contributed by atoms with Gasteiger partial charge in [0.15, 0.2) is 14.6 Å². The summed E-state index contributed by atoms with van der Waals surface area (Å²) in [5, 5.41) is 9.07. The van der Waals surface area contributed by atoms with Crippen LogP contribution < -0.4 is 10.2 Å². The molecule has 1 atom stereocenters. The molecule has 0 aromatic heterocycles. The summed E-state index contributed by atoms with van der Waals surface area (Å²) in [5.41, 5.74) is 1.49. The first-order valence-corrected chi connectivity index (χ1v) is 10.6. The minimum atomic E-state index is -4.06. The van der Waals surface area contributed by atoms with E-state index in [1.54, 1.807) is 4.90 Å². The summed E-state index contributed by atoms with van der Waals surface area (Å²) in [5.74, 6) is -0.468. The van der Waals surface area contributed by atoms with Crippen LogP contribution in [0, 0.1) is 0 Å². The lowest BCUT2D eigenvalue weighted by atomic mass is 9.98. The summed E-state index contributed by atoms with van der Waals surface area (Å²) >= 11 is 0. The molecule has 2 heterocycles. The summed E-state index contributed by atoms with van der Waals surface area (Å²) in [7, 11) is -4.06. The average molecular weight is 412 g/mol. The maximum Gasteiger partial charge on any atom is 0.265 e. The van der Waals surface area contributed by atoms with Crippen LogP contribution in [0.3, 0.4) is 0 Å². The Morgan fingerprint density at radius 1 is 1.25 bits per heavy atom. The fourth-order valence-electron chi connectivity index (χ4n) is 3.65. The summed E-state index contributed by atoms with van der Waals surface area (Å²) in [6, 6.07) is 5.86. The van der Waals surface area contributed by atoms with Gasteiger partial charge in [-0.1, -0.05) is 0 Å². The molecular weight excluding hydrogens is 388 g/mol. The molecule has 1 aromatic rings. The van der Waals surface area contributed by atoms with Crippen LogP contribution in [0.2, 0.25) is 0 Å². The Morgan fingerprint density at radius 3 is 2.43 bits per heavy atom. The van der Waals surface area contributed by atoms with Crippen LogP contribution in [0.4, 0.5) is 0 Å². The number of hydrogen-bond acceptors (Lipinski definition) is 7. The van der Waals surface area contributed by atoms with E-state index in [1.165, 1.54) is 36.7 Å². The summed E-state index contributed by atoms with van der Waals surface area (Å²) in [6.45, 7) is 2.86. The third kappa shape index (κ3) is 3.71. The molecule has 1 aromatic carbocycles. The monoisotopic (exact) mass is 412 g/mol. The van der Waals surface area contributed by atoms with Crippen LogP contribution in [0.1, 0.15) is 26.2 Å². The van der Waals surface area contributed by atoms with Crippen molar-refractivity contribution in [3.05, 3.63) is 24.3 Å². The predicted octanol–water partition coefficient (Wildman–Crippen LogP) is 0.515. The molecule has 0 unspecified atom stereocenters. The van der Waals surface area contributed by atoms with Crippen molar-refractivity contribution in [1.82, 2.24) is 10.4 Å². The first-order valence-electron chi connectivity index (χ1n) is 9.09. The third-order valence-electron chi connectivity index (χ3n) is 5.36. The number of benzene rings is 1. The number of hydrogen-bond donors (Lipinski definition) is 2.